The predicted molar refractivity (Wildman–Crippen MR) is 74.7 cm³/mol. The second kappa shape index (κ2) is 6.33. The summed E-state index contributed by atoms with van der Waals surface area (Å²) in [7, 11) is 0. The van der Waals surface area contributed by atoms with Crippen LogP contribution in [-0.2, 0) is 0 Å². The lowest BCUT2D eigenvalue weighted by Gasteiger charge is -2.25. The second-order valence-corrected chi connectivity index (χ2v) is 6.27. The third kappa shape index (κ3) is 3.05. The first-order valence-corrected chi connectivity index (χ1v) is 7.79. The molecule has 4 saturated heterocycles. The summed E-state index contributed by atoms with van der Waals surface area (Å²) in [6.07, 6.45) is 4.11. The Bertz CT molecular complexity index is 208. The lowest BCUT2D eigenvalue weighted by molar-refractivity contribution is 0.318. The van der Waals surface area contributed by atoms with Gasteiger partial charge in [-0.1, -0.05) is 0 Å². The quantitative estimate of drug-likeness (QED) is 0.481. The Balaban J connectivity index is 0.000000111. The highest BCUT2D eigenvalue weighted by atomic mass is 15.0. The number of rotatable bonds is 0. The summed E-state index contributed by atoms with van der Waals surface area (Å²) in [5.74, 6) is 2.88. The van der Waals surface area contributed by atoms with Gasteiger partial charge in [0.1, 0.15) is 0 Å². The smallest absolute Gasteiger partial charge is 0.0120 e. The zero-order valence-corrected chi connectivity index (χ0v) is 11.4. The molecule has 18 heavy (non-hydrogen) atoms. The van der Waals surface area contributed by atoms with Crippen LogP contribution in [0.5, 0.6) is 0 Å². The maximum absolute atomic E-state index is 3.52. The summed E-state index contributed by atoms with van der Waals surface area (Å²) >= 11 is 0. The van der Waals surface area contributed by atoms with Gasteiger partial charge < -0.3 is 21.3 Å². The minimum absolute atomic E-state index is 0.853. The lowest BCUT2D eigenvalue weighted by Crippen LogP contribution is -2.41. The molecule has 0 aromatic rings. The van der Waals surface area contributed by atoms with Crippen molar-refractivity contribution in [2.24, 2.45) is 17.8 Å². The van der Waals surface area contributed by atoms with Gasteiger partial charge in [-0.05, 0) is 82.8 Å². The molecule has 0 amide bonds. The molecule has 4 fully saturated rings. The van der Waals surface area contributed by atoms with Crippen molar-refractivity contribution in [2.45, 2.75) is 25.3 Å². The summed E-state index contributed by atoms with van der Waals surface area (Å²) < 4.78 is 0. The Morgan fingerprint density at radius 3 is 2.06 bits per heavy atom. The van der Waals surface area contributed by atoms with Crippen LogP contribution in [0.25, 0.3) is 0 Å². The fraction of sp³-hybridized carbons (Fsp3) is 1.00. The molecular weight excluding hydrogens is 224 g/mol. The van der Waals surface area contributed by atoms with Crippen LogP contribution in [0.1, 0.15) is 19.3 Å². The molecule has 4 rings (SSSR count). The summed E-state index contributed by atoms with van der Waals surface area (Å²) in [5, 5.41) is 13.8. The molecule has 0 saturated carbocycles. The van der Waals surface area contributed by atoms with Gasteiger partial charge >= 0.3 is 0 Å². The van der Waals surface area contributed by atoms with E-state index in [-0.39, 0.29) is 0 Å². The van der Waals surface area contributed by atoms with Gasteiger partial charge in [-0.2, -0.15) is 0 Å². The summed E-state index contributed by atoms with van der Waals surface area (Å²) in [4.78, 5) is 0. The standard InChI is InChI=1S/2C7H14N2/c1-4-9-7-2-3-8-5-6(1)7;1-2-8-4-7-5-9-3-6(1)7/h2*6-9H,1-5H2. The first-order valence-electron chi connectivity index (χ1n) is 7.79. The predicted octanol–water partition coefficient (Wildman–Crippen LogP) is -0.227. The van der Waals surface area contributed by atoms with Gasteiger partial charge in [0.05, 0.1) is 0 Å². The van der Waals surface area contributed by atoms with Crippen LogP contribution in [-0.4, -0.2) is 51.9 Å². The Morgan fingerprint density at radius 1 is 0.556 bits per heavy atom. The van der Waals surface area contributed by atoms with Crippen molar-refractivity contribution in [2.75, 3.05) is 45.8 Å². The molecule has 0 spiro atoms. The third-order valence-corrected chi connectivity index (χ3v) is 5.11. The first kappa shape index (κ1) is 12.9. The molecule has 0 aromatic carbocycles. The van der Waals surface area contributed by atoms with E-state index in [0.29, 0.717) is 0 Å². The maximum Gasteiger partial charge on any atom is 0.0120 e. The van der Waals surface area contributed by atoms with Crippen LogP contribution in [0.3, 0.4) is 0 Å². The van der Waals surface area contributed by atoms with Gasteiger partial charge in [0, 0.05) is 6.04 Å². The topological polar surface area (TPSA) is 48.1 Å². The van der Waals surface area contributed by atoms with Crippen molar-refractivity contribution in [3.63, 3.8) is 0 Å². The van der Waals surface area contributed by atoms with Crippen LogP contribution in [0, 0.1) is 17.8 Å². The highest BCUT2D eigenvalue weighted by Gasteiger charge is 2.29. The Hall–Kier alpha value is -0.160. The molecule has 4 heteroatoms. The summed E-state index contributed by atoms with van der Waals surface area (Å²) in [6, 6.07) is 0.853. The monoisotopic (exact) mass is 252 g/mol. The minimum atomic E-state index is 0.853. The highest BCUT2D eigenvalue weighted by Crippen LogP contribution is 2.21. The van der Waals surface area contributed by atoms with E-state index in [1.54, 1.807) is 0 Å². The molecule has 0 aromatic heterocycles. The lowest BCUT2D eigenvalue weighted by atomic mass is 9.90. The van der Waals surface area contributed by atoms with E-state index in [1.807, 2.05) is 0 Å². The molecular formula is C14H28N4. The molecule has 0 radical (unpaired) electrons. The molecule has 0 aliphatic carbocycles. The van der Waals surface area contributed by atoms with Gasteiger partial charge in [-0.3, -0.25) is 0 Å². The van der Waals surface area contributed by atoms with Crippen molar-refractivity contribution in [3.05, 3.63) is 0 Å². The van der Waals surface area contributed by atoms with E-state index >= 15 is 0 Å². The fourth-order valence-electron chi connectivity index (χ4n) is 3.89. The molecule has 0 bridgehead atoms. The molecule has 4 heterocycles. The van der Waals surface area contributed by atoms with Crippen molar-refractivity contribution in [3.8, 4) is 0 Å². The number of fused-ring (bicyclic) bond motifs is 2. The van der Waals surface area contributed by atoms with E-state index < -0.39 is 0 Å². The van der Waals surface area contributed by atoms with E-state index in [2.05, 4.69) is 21.3 Å². The number of hydrogen-bond acceptors (Lipinski definition) is 4. The van der Waals surface area contributed by atoms with Crippen molar-refractivity contribution in [1.82, 2.24) is 21.3 Å². The number of nitrogens with one attached hydrogen (secondary N) is 4. The molecule has 4 nitrogen and oxygen atoms in total. The van der Waals surface area contributed by atoms with Gasteiger partial charge in [0.2, 0.25) is 0 Å². The van der Waals surface area contributed by atoms with Crippen molar-refractivity contribution >= 4 is 0 Å². The van der Waals surface area contributed by atoms with Crippen LogP contribution < -0.4 is 21.3 Å². The van der Waals surface area contributed by atoms with Crippen LogP contribution >= 0.6 is 0 Å². The van der Waals surface area contributed by atoms with E-state index in [4.69, 9.17) is 0 Å². The summed E-state index contributed by atoms with van der Waals surface area (Å²) in [5.41, 5.74) is 0. The number of piperidine rings is 2. The Kier molecular flexibility index (Phi) is 4.52. The Morgan fingerprint density at radius 2 is 1.22 bits per heavy atom. The SMILES string of the molecule is C1CC2CNCC2CN1.C1CC2NCCC2CN1. The molecule has 104 valence electrons. The normalized spacial score (nSPS) is 42.7. The van der Waals surface area contributed by atoms with Gasteiger partial charge in [-0.15, -0.1) is 0 Å². The first-order chi connectivity index (χ1) is 8.93. The Labute approximate surface area is 111 Å². The molecule has 4 aliphatic heterocycles. The molecule has 4 aliphatic rings. The number of hydrogen-bond donors (Lipinski definition) is 4. The molecule has 4 unspecified atom stereocenters. The zero-order chi connectivity index (χ0) is 12.2. The highest BCUT2D eigenvalue weighted by molar-refractivity contribution is 4.88. The van der Waals surface area contributed by atoms with E-state index in [9.17, 15) is 0 Å². The minimum Gasteiger partial charge on any atom is -0.316 e. The largest absolute Gasteiger partial charge is 0.316 e. The third-order valence-electron chi connectivity index (χ3n) is 5.11. The molecule has 4 atom stereocenters. The van der Waals surface area contributed by atoms with Crippen LogP contribution in [0.4, 0.5) is 0 Å². The summed E-state index contributed by atoms with van der Waals surface area (Å²) in [6.45, 7) is 8.72. The van der Waals surface area contributed by atoms with Gasteiger partial charge in [0.25, 0.3) is 0 Å². The van der Waals surface area contributed by atoms with Crippen LogP contribution in [0.15, 0.2) is 0 Å². The average molecular weight is 252 g/mol. The van der Waals surface area contributed by atoms with Crippen molar-refractivity contribution in [1.29, 1.82) is 0 Å². The molecule has 4 N–H and O–H groups in total. The van der Waals surface area contributed by atoms with E-state index in [0.717, 1.165) is 23.8 Å². The zero-order valence-electron chi connectivity index (χ0n) is 11.4. The fourth-order valence-corrected chi connectivity index (χ4v) is 3.89. The second-order valence-electron chi connectivity index (χ2n) is 6.27. The van der Waals surface area contributed by atoms with Gasteiger partial charge in [-0.25, -0.2) is 0 Å². The maximum atomic E-state index is 3.52. The van der Waals surface area contributed by atoms with Crippen molar-refractivity contribution < 1.29 is 0 Å². The van der Waals surface area contributed by atoms with Crippen LogP contribution in [0.2, 0.25) is 0 Å². The van der Waals surface area contributed by atoms with E-state index in [1.165, 1.54) is 65.1 Å². The van der Waals surface area contributed by atoms with Gasteiger partial charge in [0.15, 0.2) is 0 Å². The average Bonchev–Trinajstić information content (AvgIpc) is 3.08.